The number of fused-ring (bicyclic) bond motifs is 1. The summed E-state index contributed by atoms with van der Waals surface area (Å²) < 4.78 is 21.0. The van der Waals surface area contributed by atoms with Gasteiger partial charge in [0.2, 0.25) is 0 Å². The lowest BCUT2D eigenvalue weighted by Gasteiger charge is -2.35. The van der Waals surface area contributed by atoms with Gasteiger partial charge in [0, 0.05) is 61.1 Å². The fourth-order valence-electron chi connectivity index (χ4n) is 4.38. The van der Waals surface area contributed by atoms with E-state index in [-0.39, 0.29) is 5.91 Å². The molecule has 37 heavy (non-hydrogen) atoms. The smallest absolute Gasteiger partial charge is 0.292 e. The first kappa shape index (κ1) is 24.4. The van der Waals surface area contributed by atoms with E-state index in [1.54, 1.807) is 48.9 Å². The highest BCUT2D eigenvalue weighted by Crippen LogP contribution is 2.23. The van der Waals surface area contributed by atoms with E-state index >= 15 is 0 Å². The molecule has 1 atom stereocenters. The highest BCUT2D eigenvalue weighted by Gasteiger charge is 2.23. The number of carbonyl (C=O) groups excluding carboxylic acids is 1. The molecule has 1 amide bonds. The Kier molecular flexibility index (Phi) is 7.40. The summed E-state index contributed by atoms with van der Waals surface area (Å²) in [5, 5.41) is 9.78. The Hall–Kier alpha value is -4.26. The molecule has 5 rings (SSSR count). The number of ether oxygens (including phenoxy) is 1. The highest BCUT2D eigenvalue weighted by molar-refractivity contribution is 7.86. The largest absolute Gasteiger partial charge is 0.388 e. The van der Waals surface area contributed by atoms with Gasteiger partial charge in [0.1, 0.15) is 5.75 Å². The van der Waals surface area contributed by atoms with Crippen LogP contribution in [0.2, 0.25) is 0 Å². The number of aromatic nitrogens is 1. The number of nitrogens with one attached hydrogen (secondary N) is 1. The molecular formula is C28H25N5O3S. The third kappa shape index (κ3) is 5.61. The van der Waals surface area contributed by atoms with Crippen molar-refractivity contribution in [1.82, 2.24) is 14.8 Å². The van der Waals surface area contributed by atoms with Gasteiger partial charge in [-0.15, -0.1) is 5.26 Å². The Labute approximate surface area is 217 Å². The van der Waals surface area contributed by atoms with Crippen molar-refractivity contribution in [3.8, 4) is 12.0 Å². The Balaban J connectivity index is 1.18. The van der Waals surface area contributed by atoms with Crippen molar-refractivity contribution in [1.29, 1.82) is 5.26 Å². The van der Waals surface area contributed by atoms with Gasteiger partial charge in [-0.05, 0) is 42.5 Å². The Bertz CT molecular complexity index is 1470. The minimum absolute atomic E-state index is 0.0289. The van der Waals surface area contributed by atoms with Crippen LogP contribution in [0, 0.1) is 11.5 Å². The van der Waals surface area contributed by atoms with Crippen molar-refractivity contribution in [2.24, 2.45) is 0 Å². The number of nitrogens with zero attached hydrogens (tertiary/aromatic N) is 4. The fraction of sp³-hybridized carbons (Fsp3) is 0.179. The summed E-state index contributed by atoms with van der Waals surface area (Å²) in [5.41, 5.74) is 2.89. The van der Waals surface area contributed by atoms with Gasteiger partial charge in [0.25, 0.3) is 12.2 Å². The van der Waals surface area contributed by atoms with Crippen LogP contribution in [0.5, 0.6) is 5.75 Å². The lowest BCUT2D eigenvalue weighted by Crippen LogP contribution is -2.48. The normalized spacial score (nSPS) is 14.6. The van der Waals surface area contributed by atoms with E-state index in [0.29, 0.717) is 47.0 Å². The average molecular weight is 512 g/mol. The molecule has 1 aliphatic heterocycles. The molecular weight excluding hydrogens is 486 g/mol. The SMILES string of the molecule is N#COc1ccccc1CN1CCN(C(=O)c2ccc(NS(=O)c3cccc4cccnc34)cc2)CC1. The number of carbonyl (C=O) groups is 1. The predicted octanol–water partition coefficient (Wildman–Crippen LogP) is 4.19. The zero-order valence-electron chi connectivity index (χ0n) is 20.0. The number of amides is 1. The van der Waals surface area contributed by atoms with Gasteiger partial charge >= 0.3 is 0 Å². The molecule has 0 aliphatic carbocycles. The van der Waals surface area contributed by atoms with Crippen molar-refractivity contribution in [2.75, 3.05) is 30.9 Å². The molecule has 186 valence electrons. The van der Waals surface area contributed by atoms with Crippen LogP contribution >= 0.6 is 0 Å². The third-order valence-corrected chi connectivity index (χ3v) is 7.47. The standard InChI is InChI=1S/C28H25N5O3S/c29-20-36-25-8-2-1-5-23(25)19-32-15-17-33(18-16-32)28(34)22-10-12-24(13-11-22)31-37(35)26-9-3-6-21-7-4-14-30-27(21)26/h1-14,31H,15-19H2. The van der Waals surface area contributed by atoms with Gasteiger partial charge in [-0.3, -0.25) is 14.7 Å². The van der Waals surface area contributed by atoms with Crippen molar-refractivity contribution >= 4 is 33.5 Å². The summed E-state index contributed by atoms with van der Waals surface area (Å²) in [6.07, 6.45) is 3.42. The lowest BCUT2D eigenvalue weighted by molar-refractivity contribution is 0.0627. The van der Waals surface area contributed by atoms with Gasteiger partial charge in [-0.25, -0.2) is 4.21 Å². The molecule has 1 fully saturated rings. The van der Waals surface area contributed by atoms with E-state index in [2.05, 4.69) is 14.6 Å². The molecule has 1 saturated heterocycles. The maximum atomic E-state index is 13.1. The van der Waals surface area contributed by atoms with E-state index in [9.17, 15) is 9.00 Å². The number of para-hydroxylation sites is 2. The first-order valence-corrected chi connectivity index (χ1v) is 13.0. The van der Waals surface area contributed by atoms with Gasteiger partial charge in [-0.1, -0.05) is 36.4 Å². The average Bonchev–Trinajstić information content (AvgIpc) is 2.94. The molecule has 1 aromatic heterocycles. The number of nitriles is 1. The Morgan fingerprint density at radius 3 is 2.51 bits per heavy atom. The summed E-state index contributed by atoms with van der Waals surface area (Å²) in [6, 6.07) is 23.9. The molecule has 0 radical (unpaired) electrons. The molecule has 0 bridgehead atoms. The number of hydrogen-bond acceptors (Lipinski definition) is 6. The highest BCUT2D eigenvalue weighted by atomic mass is 32.2. The maximum absolute atomic E-state index is 13.1. The van der Waals surface area contributed by atoms with Crippen LogP contribution in [0.3, 0.4) is 0 Å². The topological polar surface area (TPSA) is 98.6 Å². The molecule has 8 nitrogen and oxygen atoms in total. The minimum atomic E-state index is -1.49. The number of anilines is 1. The Morgan fingerprint density at radius 1 is 0.973 bits per heavy atom. The van der Waals surface area contributed by atoms with Crippen LogP contribution in [0.15, 0.2) is 90.0 Å². The number of piperazine rings is 1. The summed E-state index contributed by atoms with van der Waals surface area (Å²) in [4.78, 5) is 22.1. The molecule has 4 aromatic rings. The van der Waals surface area contributed by atoms with Crippen LogP contribution in [0.1, 0.15) is 15.9 Å². The van der Waals surface area contributed by atoms with Gasteiger partial charge < -0.3 is 14.4 Å². The summed E-state index contributed by atoms with van der Waals surface area (Å²) >= 11 is 0. The second-order valence-electron chi connectivity index (χ2n) is 8.65. The molecule has 1 aliphatic rings. The van der Waals surface area contributed by atoms with Crippen LogP contribution < -0.4 is 9.46 Å². The monoisotopic (exact) mass is 511 g/mol. The van der Waals surface area contributed by atoms with Crippen LogP contribution in [-0.2, 0) is 17.5 Å². The van der Waals surface area contributed by atoms with Crippen LogP contribution in [0.4, 0.5) is 5.69 Å². The Morgan fingerprint density at radius 2 is 1.73 bits per heavy atom. The van der Waals surface area contributed by atoms with Gasteiger partial charge in [0.05, 0.1) is 10.4 Å². The van der Waals surface area contributed by atoms with E-state index in [1.165, 1.54) is 0 Å². The predicted molar refractivity (Wildman–Crippen MR) is 142 cm³/mol. The van der Waals surface area contributed by atoms with Crippen molar-refractivity contribution in [3.05, 3.63) is 96.2 Å². The van der Waals surface area contributed by atoms with E-state index in [0.717, 1.165) is 24.0 Å². The molecule has 9 heteroatoms. The molecule has 0 saturated carbocycles. The summed E-state index contributed by atoms with van der Waals surface area (Å²) in [5.74, 6) is 0.536. The lowest BCUT2D eigenvalue weighted by atomic mass is 10.1. The second kappa shape index (κ2) is 11.2. The van der Waals surface area contributed by atoms with E-state index < -0.39 is 11.0 Å². The number of benzene rings is 3. The first-order chi connectivity index (χ1) is 18.1. The van der Waals surface area contributed by atoms with Gasteiger partial charge in [0.15, 0.2) is 11.0 Å². The van der Waals surface area contributed by atoms with E-state index in [4.69, 9.17) is 10.00 Å². The summed E-state index contributed by atoms with van der Waals surface area (Å²) in [6.45, 7) is 3.33. The number of hydrogen-bond donors (Lipinski definition) is 1. The maximum Gasteiger partial charge on any atom is 0.292 e. The third-order valence-electron chi connectivity index (χ3n) is 6.32. The van der Waals surface area contributed by atoms with Crippen molar-refractivity contribution < 1.29 is 13.7 Å². The number of pyridine rings is 1. The summed E-state index contributed by atoms with van der Waals surface area (Å²) in [7, 11) is -1.49. The van der Waals surface area contributed by atoms with Gasteiger partial charge in [-0.2, -0.15) is 0 Å². The molecule has 2 heterocycles. The second-order valence-corrected chi connectivity index (χ2v) is 9.83. The minimum Gasteiger partial charge on any atom is -0.388 e. The quantitative estimate of drug-likeness (QED) is 0.374. The van der Waals surface area contributed by atoms with Crippen molar-refractivity contribution in [3.63, 3.8) is 0 Å². The van der Waals surface area contributed by atoms with Crippen LogP contribution in [0.25, 0.3) is 10.9 Å². The van der Waals surface area contributed by atoms with Crippen LogP contribution in [-0.4, -0.2) is 51.1 Å². The van der Waals surface area contributed by atoms with E-state index in [1.807, 2.05) is 47.4 Å². The number of rotatable bonds is 7. The van der Waals surface area contributed by atoms with Crippen molar-refractivity contribution in [2.45, 2.75) is 11.4 Å². The molecule has 1 N–H and O–H groups in total. The molecule has 1 unspecified atom stereocenters. The first-order valence-electron chi connectivity index (χ1n) is 11.9. The fourth-order valence-corrected chi connectivity index (χ4v) is 5.39. The zero-order valence-corrected chi connectivity index (χ0v) is 20.9. The zero-order chi connectivity index (χ0) is 25.6. The molecule has 0 spiro atoms. The molecule has 3 aromatic carbocycles.